The van der Waals surface area contributed by atoms with Gasteiger partial charge in [-0.15, -0.1) is 0 Å². The number of ether oxygens (including phenoxy) is 1. The van der Waals surface area contributed by atoms with E-state index < -0.39 is 23.3 Å². The Morgan fingerprint density at radius 1 is 1.29 bits per heavy atom. The van der Waals surface area contributed by atoms with Crippen molar-refractivity contribution in [3.05, 3.63) is 0 Å². The first-order valence-electron chi connectivity index (χ1n) is 5.45. The van der Waals surface area contributed by atoms with Crippen LogP contribution in [0, 0.1) is 5.41 Å². The molecule has 1 aliphatic carbocycles. The summed E-state index contributed by atoms with van der Waals surface area (Å²) in [6.07, 6.45) is 0.961. The fourth-order valence-electron chi connectivity index (χ4n) is 1.63. The van der Waals surface area contributed by atoms with E-state index in [1.54, 1.807) is 21.0 Å². The number of nitrogens with zero attached hydrogens (tertiary/aromatic N) is 1. The van der Waals surface area contributed by atoms with E-state index >= 15 is 0 Å². The first-order valence-corrected chi connectivity index (χ1v) is 5.45. The van der Waals surface area contributed by atoms with Gasteiger partial charge in [-0.3, -0.25) is 14.4 Å². The van der Waals surface area contributed by atoms with Crippen molar-refractivity contribution in [2.75, 3.05) is 21.2 Å². The number of amides is 2. The zero-order valence-corrected chi connectivity index (χ0v) is 10.6. The normalized spacial score (nSPS) is 17.9. The quantitative estimate of drug-likeness (QED) is 0.534. The van der Waals surface area contributed by atoms with Gasteiger partial charge in [-0.05, 0) is 19.8 Å². The van der Waals surface area contributed by atoms with Crippen LogP contribution in [0.5, 0.6) is 0 Å². The van der Waals surface area contributed by atoms with Crippen LogP contribution in [0.1, 0.15) is 19.8 Å². The molecule has 1 rings (SSSR count). The van der Waals surface area contributed by atoms with Crippen molar-refractivity contribution in [3.8, 4) is 0 Å². The molecule has 6 nitrogen and oxygen atoms in total. The van der Waals surface area contributed by atoms with Crippen LogP contribution >= 0.6 is 0 Å². The average molecular weight is 242 g/mol. The van der Waals surface area contributed by atoms with Gasteiger partial charge in [0.1, 0.15) is 11.5 Å². The topological polar surface area (TPSA) is 75.7 Å². The number of carbonyl (C=O) groups is 3. The van der Waals surface area contributed by atoms with Crippen LogP contribution in [0.25, 0.3) is 0 Å². The van der Waals surface area contributed by atoms with Gasteiger partial charge in [0.15, 0.2) is 0 Å². The number of rotatable bonds is 4. The third-order valence-corrected chi connectivity index (χ3v) is 2.92. The highest BCUT2D eigenvalue weighted by atomic mass is 16.5. The van der Waals surface area contributed by atoms with Crippen LogP contribution in [-0.4, -0.2) is 49.9 Å². The molecule has 2 amide bonds. The molecule has 17 heavy (non-hydrogen) atoms. The van der Waals surface area contributed by atoms with Gasteiger partial charge in [-0.25, -0.2) is 0 Å². The molecule has 0 saturated heterocycles. The molecular weight excluding hydrogens is 224 g/mol. The summed E-state index contributed by atoms with van der Waals surface area (Å²) in [7, 11) is 4.47. The Hall–Kier alpha value is -1.59. The van der Waals surface area contributed by atoms with E-state index in [0.29, 0.717) is 12.8 Å². The van der Waals surface area contributed by atoms with Gasteiger partial charge < -0.3 is 15.0 Å². The lowest BCUT2D eigenvalue weighted by Crippen LogP contribution is -2.48. The summed E-state index contributed by atoms with van der Waals surface area (Å²) in [4.78, 5) is 36.3. The zero-order chi connectivity index (χ0) is 13.2. The maximum atomic E-state index is 11.9. The fraction of sp³-hybridized carbons (Fsp3) is 0.727. The van der Waals surface area contributed by atoms with Gasteiger partial charge >= 0.3 is 5.97 Å². The van der Waals surface area contributed by atoms with Crippen molar-refractivity contribution in [2.24, 2.45) is 5.41 Å². The van der Waals surface area contributed by atoms with Crippen LogP contribution in [0.3, 0.4) is 0 Å². The predicted octanol–water partition coefficient (Wildman–Crippen LogP) is -0.467. The van der Waals surface area contributed by atoms with Crippen molar-refractivity contribution in [3.63, 3.8) is 0 Å². The second-order valence-electron chi connectivity index (χ2n) is 4.50. The fourth-order valence-corrected chi connectivity index (χ4v) is 1.63. The van der Waals surface area contributed by atoms with Crippen molar-refractivity contribution in [1.82, 2.24) is 10.2 Å². The van der Waals surface area contributed by atoms with Gasteiger partial charge in [0, 0.05) is 14.1 Å². The Labute approximate surface area is 100 Å². The minimum Gasteiger partial charge on any atom is -0.468 e. The zero-order valence-electron chi connectivity index (χ0n) is 10.6. The highest BCUT2D eigenvalue weighted by molar-refractivity contribution is 6.06. The third kappa shape index (κ3) is 2.57. The highest BCUT2D eigenvalue weighted by Crippen LogP contribution is 2.46. The summed E-state index contributed by atoms with van der Waals surface area (Å²) >= 11 is 0. The Kier molecular flexibility index (Phi) is 3.75. The molecule has 0 unspecified atom stereocenters. The number of hydrogen-bond donors (Lipinski definition) is 1. The summed E-state index contributed by atoms with van der Waals surface area (Å²) in [5.41, 5.74) is -1.06. The van der Waals surface area contributed by atoms with E-state index in [4.69, 9.17) is 0 Å². The molecule has 1 N–H and O–H groups in total. The smallest absolute Gasteiger partial charge is 0.321 e. The second-order valence-corrected chi connectivity index (χ2v) is 4.50. The van der Waals surface area contributed by atoms with Crippen molar-refractivity contribution in [2.45, 2.75) is 25.8 Å². The van der Waals surface area contributed by atoms with Crippen LogP contribution in [0.4, 0.5) is 0 Å². The van der Waals surface area contributed by atoms with E-state index in [0.717, 1.165) is 0 Å². The number of methoxy groups -OCH3 is 1. The molecule has 0 bridgehead atoms. The van der Waals surface area contributed by atoms with Gasteiger partial charge in [0.05, 0.1) is 7.11 Å². The molecule has 0 radical (unpaired) electrons. The summed E-state index contributed by atoms with van der Waals surface area (Å²) in [5, 5.41) is 2.55. The summed E-state index contributed by atoms with van der Waals surface area (Å²) < 4.78 is 4.59. The standard InChI is InChI=1S/C11H18N2O4/c1-7(8(14)13(2)3)12-9(15)11(5-6-11)10(16)17-4/h7H,5-6H2,1-4H3,(H,12,15)/t7-/m0/s1. The van der Waals surface area contributed by atoms with E-state index in [2.05, 4.69) is 10.1 Å². The van der Waals surface area contributed by atoms with E-state index in [-0.39, 0.29) is 5.91 Å². The van der Waals surface area contributed by atoms with Gasteiger partial charge in [0.25, 0.3) is 0 Å². The monoisotopic (exact) mass is 242 g/mol. The van der Waals surface area contributed by atoms with E-state index in [9.17, 15) is 14.4 Å². The molecule has 1 saturated carbocycles. The predicted molar refractivity (Wildman–Crippen MR) is 60.0 cm³/mol. The molecule has 1 aliphatic rings. The largest absolute Gasteiger partial charge is 0.468 e. The van der Waals surface area contributed by atoms with Crippen molar-refractivity contribution >= 4 is 17.8 Å². The Morgan fingerprint density at radius 3 is 2.18 bits per heavy atom. The van der Waals surface area contributed by atoms with Crippen LogP contribution < -0.4 is 5.32 Å². The van der Waals surface area contributed by atoms with Gasteiger partial charge in [0.2, 0.25) is 11.8 Å². The third-order valence-electron chi connectivity index (χ3n) is 2.92. The molecule has 6 heteroatoms. The molecule has 0 spiro atoms. The molecule has 0 heterocycles. The average Bonchev–Trinajstić information content (AvgIpc) is 3.07. The first kappa shape index (κ1) is 13.5. The molecule has 0 aromatic heterocycles. The van der Waals surface area contributed by atoms with Crippen molar-refractivity contribution in [1.29, 1.82) is 0 Å². The molecular formula is C11H18N2O4. The molecule has 0 aromatic carbocycles. The second kappa shape index (κ2) is 4.73. The summed E-state index contributed by atoms with van der Waals surface area (Å²) in [6, 6.07) is -0.639. The molecule has 96 valence electrons. The summed E-state index contributed by atoms with van der Waals surface area (Å²) in [5.74, 6) is -1.16. The molecule has 1 atom stereocenters. The lowest BCUT2D eigenvalue weighted by atomic mass is 10.1. The number of hydrogen-bond acceptors (Lipinski definition) is 4. The SMILES string of the molecule is COC(=O)C1(C(=O)N[C@@H](C)C(=O)N(C)C)CC1. The highest BCUT2D eigenvalue weighted by Gasteiger charge is 2.58. The number of likely N-dealkylation sites (N-methyl/N-ethyl adjacent to an activating group) is 1. The Bertz CT molecular complexity index is 347. The molecule has 0 aromatic rings. The Balaban J connectivity index is 2.62. The first-order chi connectivity index (χ1) is 7.85. The number of nitrogens with one attached hydrogen (secondary N) is 1. The number of carbonyl (C=O) groups excluding carboxylic acids is 3. The van der Waals surface area contributed by atoms with Crippen molar-refractivity contribution < 1.29 is 19.1 Å². The van der Waals surface area contributed by atoms with Crippen LogP contribution in [0.15, 0.2) is 0 Å². The van der Waals surface area contributed by atoms with Crippen LogP contribution in [0.2, 0.25) is 0 Å². The van der Waals surface area contributed by atoms with Gasteiger partial charge in [-0.2, -0.15) is 0 Å². The number of esters is 1. The summed E-state index contributed by atoms with van der Waals surface area (Å²) in [6.45, 7) is 1.59. The van der Waals surface area contributed by atoms with Gasteiger partial charge in [-0.1, -0.05) is 0 Å². The lowest BCUT2D eigenvalue weighted by molar-refractivity contribution is -0.153. The van der Waals surface area contributed by atoms with Crippen LogP contribution in [-0.2, 0) is 19.1 Å². The molecule has 0 aliphatic heterocycles. The maximum absolute atomic E-state index is 11.9. The lowest BCUT2D eigenvalue weighted by Gasteiger charge is -2.20. The molecule has 1 fully saturated rings. The minimum atomic E-state index is -1.06. The Morgan fingerprint density at radius 2 is 1.82 bits per heavy atom. The van der Waals surface area contributed by atoms with E-state index in [1.165, 1.54) is 12.0 Å². The maximum Gasteiger partial charge on any atom is 0.321 e. The van der Waals surface area contributed by atoms with E-state index in [1.807, 2.05) is 0 Å². The minimum absolute atomic E-state index is 0.209.